The van der Waals surface area contributed by atoms with E-state index in [1.807, 2.05) is 28.8 Å². The van der Waals surface area contributed by atoms with Crippen molar-refractivity contribution in [3.05, 3.63) is 75.4 Å². The number of ether oxygens (including phenoxy) is 2. The van der Waals surface area contributed by atoms with Crippen LogP contribution in [-0.4, -0.2) is 62.6 Å². The number of primary amides is 1. The van der Waals surface area contributed by atoms with E-state index in [-0.39, 0.29) is 18.2 Å². The number of piperidine rings is 1. The first-order valence-electron chi connectivity index (χ1n) is 13.1. The van der Waals surface area contributed by atoms with Crippen LogP contribution in [0.4, 0.5) is 5.69 Å². The lowest BCUT2D eigenvalue weighted by Crippen LogP contribution is -2.40. The van der Waals surface area contributed by atoms with Gasteiger partial charge in [-0.3, -0.25) is 24.2 Å². The molecule has 1 aliphatic heterocycles. The molecule has 12 heteroatoms. The number of amides is 1. The van der Waals surface area contributed by atoms with E-state index < -0.39 is 16.9 Å². The number of para-hydroxylation sites is 1. The zero-order valence-corrected chi connectivity index (χ0v) is 22.9. The monoisotopic (exact) mass is 565 g/mol. The Morgan fingerprint density at radius 3 is 2.92 bits per heavy atom. The third-order valence-electron chi connectivity index (χ3n) is 6.87. The topological polar surface area (TPSA) is 145 Å². The fourth-order valence-electron chi connectivity index (χ4n) is 4.93. The van der Waals surface area contributed by atoms with Crippen LogP contribution in [0.25, 0.3) is 16.2 Å². The van der Waals surface area contributed by atoms with Gasteiger partial charge in [-0.15, -0.1) is 11.3 Å². The number of β-amino-alcohol motifs (C(OH)–C–C–N with tert-alkyl or cyclic N) is 1. The Balaban J connectivity index is 1.38. The molecule has 3 aromatic heterocycles. The maximum absolute atomic E-state index is 11.8. The van der Waals surface area contributed by atoms with E-state index in [1.54, 1.807) is 31.3 Å². The standard InChI is InChI=1S/C28H31N5O6S/c1-18(21-6-2-3-7-22(21)33(36)37)39-24-13-25(40-26(24)14-27(29)35)23-15-30-28-9-8-20(17-32(23)28)38-12-11-31-10-4-5-19(34)16-31/h2-3,6-9,13,15,17-19,34H,4-5,10-12,14,16H2,1H3,(H2,29,35)/t18?,19-/m0/s1. The normalized spacial score (nSPS) is 16.6. The molecule has 5 rings (SSSR count). The highest BCUT2D eigenvalue weighted by Crippen LogP contribution is 2.40. The fraction of sp³-hybridized carbons (Fsp3) is 0.357. The van der Waals surface area contributed by atoms with Crippen LogP contribution in [0.2, 0.25) is 0 Å². The summed E-state index contributed by atoms with van der Waals surface area (Å²) < 4.78 is 14.1. The van der Waals surface area contributed by atoms with Crippen molar-refractivity contribution in [3.8, 4) is 22.1 Å². The van der Waals surface area contributed by atoms with Crippen molar-refractivity contribution < 1.29 is 24.3 Å². The predicted molar refractivity (Wildman–Crippen MR) is 151 cm³/mol. The molecule has 1 amide bonds. The van der Waals surface area contributed by atoms with Gasteiger partial charge in [-0.25, -0.2) is 4.98 Å². The molecule has 1 saturated heterocycles. The average molecular weight is 566 g/mol. The van der Waals surface area contributed by atoms with E-state index in [2.05, 4.69) is 9.88 Å². The smallest absolute Gasteiger partial charge is 0.276 e. The number of aliphatic hydroxyl groups excluding tert-OH is 1. The van der Waals surface area contributed by atoms with Gasteiger partial charge >= 0.3 is 0 Å². The molecule has 1 aromatic carbocycles. The molecule has 210 valence electrons. The Hall–Kier alpha value is -4.00. The summed E-state index contributed by atoms with van der Waals surface area (Å²) in [6.07, 6.45) is 4.49. The number of nitro groups is 1. The summed E-state index contributed by atoms with van der Waals surface area (Å²) in [5, 5.41) is 21.4. The number of fused-ring (bicyclic) bond motifs is 1. The van der Waals surface area contributed by atoms with E-state index in [9.17, 15) is 20.0 Å². The second kappa shape index (κ2) is 12.0. The minimum absolute atomic E-state index is 0.0279. The van der Waals surface area contributed by atoms with E-state index in [4.69, 9.17) is 15.2 Å². The number of imidazole rings is 1. The van der Waals surface area contributed by atoms with Gasteiger partial charge in [-0.2, -0.15) is 0 Å². The summed E-state index contributed by atoms with van der Waals surface area (Å²) in [6, 6.07) is 12.0. The lowest BCUT2D eigenvalue weighted by Gasteiger charge is -2.29. The molecule has 0 spiro atoms. The number of hydrogen-bond donors (Lipinski definition) is 2. The summed E-state index contributed by atoms with van der Waals surface area (Å²) >= 11 is 1.36. The third-order valence-corrected chi connectivity index (χ3v) is 8.01. The number of likely N-dealkylation sites (tertiary alicyclic amines) is 1. The number of hydrogen-bond acceptors (Lipinski definition) is 9. The maximum atomic E-state index is 11.8. The number of nitrogens with two attached hydrogens (primary N) is 1. The van der Waals surface area contributed by atoms with Crippen LogP contribution in [0.15, 0.2) is 54.9 Å². The Kier molecular flexibility index (Phi) is 8.29. The molecule has 11 nitrogen and oxygen atoms in total. The molecule has 1 fully saturated rings. The van der Waals surface area contributed by atoms with Crippen LogP contribution in [0, 0.1) is 10.1 Å². The van der Waals surface area contributed by atoms with E-state index in [0.717, 1.165) is 42.1 Å². The number of nitrogens with zero attached hydrogens (tertiary/aromatic N) is 4. The first kappa shape index (κ1) is 27.6. The van der Waals surface area contributed by atoms with Gasteiger partial charge in [-0.05, 0) is 44.5 Å². The summed E-state index contributed by atoms with van der Waals surface area (Å²) in [5.74, 6) is 0.613. The van der Waals surface area contributed by atoms with Crippen molar-refractivity contribution in [1.29, 1.82) is 0 Å². The lowest BCUT2D eigenvalue weighted by molar-refractivity contribution is -0.386. The molecule has 1 unspecified atom stereocenters. The lowest BCUT2D eigenvalue weighted by atomic mass is 10.1. The number of benzene rings is 1. The largest absolute Gasteiger partial charge is 0.491 e. The first-order chi connectivity index (χ1) is 19.3. The molecule has 40 heavy (non-hydrogen) atoms. The van der Waals surface area contributed by atoms with Crippen LogP contribution >= 0.6 is 11.3 Å². The van der Waals surface area contributed by atoms with Gasteiger partial charge < -0.3 is 20.3 Å². The highest BCUT2D eigenvalue weighted by atomic mass is 32.1. The summed E-state index contributed by atoms with van der Waals surface area (Å²) in [6.45, 7) is 4.58. The Morgan fingerprint density at radius 2 is 2.15 bits per heavy atom. The van der Waals surface area contributed by atoms with Gasteiger partial charge in [0.1, 0.15) is 29.9 Å². The zero-order valence-electron chi connectivity index (χ0n) is 22.1. The van der Waals surface area contributed by atoms with Crippen LogP contribution < -0.4 is 15.2 Å². The second-order valence-corrected chi connectivity index (χ2v) is 10.9. The Labute approximate surface area is 234 Å². The van der Waals surface area contributed by atoms with E-state index in [0.29, 0.717) is 35.1 Å². The van der Waals surface area contributed by atoms with Gasteiger partial charge in [-0.1, -0.05) is 12.1 Å². The van der Waals surface area contributed by atoms with Crippen LogP contribution in [-0.2, 0) is 11.2 Å². The number of aliphatic hydroxyl groups is 1. The number of pyridine rings is 1. The molecular formula is C28H31N5O6S. The van der Waals surface area contributed by atoms with Gasteiger partial charge in [0, 0.05) is 25.2 Å². The van der Waals surface area contributed by atoms with E-state index >= 15 is 0 Å². The summed E-state index contributed by atoms with van der Waals surface area (Å²) in [5.41, 5.74) is 7.42. The molecule has 1 aliphatic rings. The summed E-state index contributed by atoms with van der Waals surface area (Å²) in [7, 11) is 0. The van der Waals surface area contributed by atoms with Gasteiger partial charge in [0.15, 0.2) is 0 Å². The Morgan fingerprint density at radius 1 is 1.32 bits per heavy atom. The summed E-state index contributed by atoms with van der Waals surface area (Å²) in [4.78, 5) is 31.1. The first-order valence-corrected chi connectivity index (χ1v) is 13.9. The predicted octanol–water partition coefficient (Wildman–Crippen LogP) is 3.97. The molecule has 0 aliphatic carbocycles. The molecule has 3 N–H and O–H groups in total. The van der Waals surface area contributed by atoms with Crippen molar-refractivity contribution in [1.82, 2.24) is 14.3 Å². The highest BCUT2D eigenvalue weighted by molar-refractivity contribution is 7.15. The number of nitro benzene ring substituents is 1. The van der Waals surface area contributed by atoms with Crippen molar-refractivity contribution in [3.63, 3.8) is 0 Å². The van der Waals surface area contributed by atoms with Crippen molar-refractivity contribution >= 4 is 28.6 Å². The molecular weight excluding hydrogens is 534 g/mol. The maximum Gasteiger partial charge on any atom is 0.276 e. The van der Waals surface area contributed by atoms with E-state index in [1.165, 1.54) is 17.4 Å². The number of carbonyl (C=O) groups is 1. The zero-order chi connectivity index (χ0) is 28.2. The average Bonchev–Trinajstić information content (AvgIpc) is 3.51. The minimum atomic E-state index is -0.640. The second-order valence-electron chi connectivity index (χ2n) is 9.80. The van der Waals surface area contributed by atoms with Crippen LogP contribution in [0.3, 0.4) is 0 Å². The minimum Gasteiger partial charge on any atom is -0.491 e. The highest BCUT2D eigenvalue weighted by Gasteiger charge is 2.23. The van der Waals surface area contributed by atoms with Crippen molar-refractivity contribution in [2.45, 2.75) is 38.4 Å². The number of aromatic nitrogens is 2. The van der Waals surface area contributed by atoms with Gasteiger partial charge in [0.2, 0.25) is 5.91 Å². The van der Waals surface area contributed by atoms with Crippen molar-refractivity contribution in [2.75, 3.05) is 26.2 Å². The molecule has 4 aromatic rings. The third kappa shape index (κ3) is 6.24. The quantitative estimate of drug-likeness (QED) is 0.205. The number of thiophene rings is 1. The fourth-order valence-corrected chi connectivity index (χ4v) is 6.04. The van der Waals surface area contributed by atoms with Crippen LogP contribution in [0.5, 0.6) is 11.5 Å². The number of carbonyl (C=O) groups excluding carboxylic acids is 1. The van der Waals surface area contributed by atoms with Crippen molar-refractivity contribution in [2.24, 2.45) is 5.73 Å². The van der Waals surface area contributed by atoms with Crippen LogP contribution in [0.1, 0.15) is 36.3 Å². The molecule has 0 radical (unpaired) electrons. The SMILES string of the molecule is CC(Oc1cc(-c2cnc3ccc(OCCN4CCC[C@H](O)C4)cn23)sc1CC(N)=O)c1ccccc1[N+](=O)[O-]. The van der Waals surface area contributed by atoms with Gasteiger partial charge in [0.25, 0.3) is 5.69 Å². The molecule has 0 bridgehead atoms. The Bertz CT molecular complexity index is 1520. The molecule has 0 saturated carbocycles. The van der Waals surface area contributed by atoms with Gasteiger partial charge in [0.05, 0.1) is 50.9 Å². The number of rotatable bonds is 11. The molecule has 2 atom stereocenters. The molecule has 4 heterocycles.